The lowest BCUT2D eigenvalue weighted by Gasteiger charge is -2.15. The number of rotatable bonds is 5. The Balaban J connectivity index is 1.36. The van der Waals surface area contributed by atoms with Gasteiger partial charge in [0.05, 0.1) is 17.4 Å². The van der Waals surface area contributed by atoms with Gasteiger partial charge in [0.2, 0.25) is 0 Å². The van der Waals surface area contributed by atoms with E-state index in [1.807, 2.05) is 6.07 Å². The number of amides is 1. The highest BCUT2D eigenvalue weighted by Gasteiger charge is 2.29. The van der Waals surface area contributed by atoms with Crippen LogP contribution in [0.15, 0.2) is 59.7 Å². The molecule has 0 radical (unpaired) electrons. The van der Waals surface area contributed by atoms with Gasteiger partial charge in [-0.3, -0.25) is 9.69 Å². The quantitative estimate of drug-likeness (QED) is 0.299. The number of nitrogens with zero attached hydrogens (tertiary/aromatic N) is 7. The van der Waals surface area contributed by atoms with Gasteiger partial charge in [0.1, 0.15) is 28.8 Å². The number of aromatic nitrogens is 7. The van der Waals surface area contributed by atoms with Crippen LogP contribution in [0.2, 0.25) is 10.2 Å². The van der Waals surface area contributed by atoms with Gasteiger partial charge in [-0.05, 0) is 65.2 Å². The summed E-state index contributed by atoms with van der Waals surface area (Å²) in [6.07, 6.45) is 1.37. The maximum absolute atomic E-state index is 14.7. The van der Waals surface area contributed by atoms with Gasteiger partial charge in [0, 0.05) is 35.0 Å². The van der Waals surface area contributed by atoms with Crippen LogP contribution in [0.5, 0.6) is 0 Å². The summed E-state index contributed by atoms with van der Waals surface area (Å²) in [6, 6.07) is 12.4. The lowest BCUT2D eigenvalue weighted by Crippen LogP contribution is -2.24. The molecule has 0 saturated heterocycles. The molecule has 0 fully saturated rings. The summed E-state index contributed by atoms with van der Waals surface area (Å²) in [7, 11) is 1.25. The number of hydrogen-bond acceptors (Lipinski definition) is 6. The standard InChI is InChI=1S/C26H19Cl2FN8O3/c1-35(26(39)40)20-5-2-13(9-18(20)29)23-24(28)32-25(31-23)21-7-4-16-8-14(10-22(38)37(16)21)17-11-15(27)3-6-19(17)36-12-30-33-34-36/h2-3,5-6,8-12,21H,4,7H2,1H3,(H,31,32)(H,39,40). The summed E-state index contributed by atoms with van der Waals surface area (Å²) >= 11 is 12.7. The Hall–Kier alpha value is -4.55. The fourth-order valence-corrected chi connectivity index (χ4v) is 5.39. The molecule has 4 heterocycles. The Morgan fingerprint density at radius 3 is 2.70 bits per heavy atom. The van der Waals surface area contributed by atoms with Crippen molar-refractivity contribution in [3.8, 4) is 28.1 Å². The monoisotopic (exact) mass is 580 g/mol. The highest BCUT2D eigenvalue weighted by atomic mass is 35.5. The van der Waals surface area contributed by atoms with Crippen molar-refractivity contribution in [1.82, 2.24) is 34.7 Å². The summed E-state index contributed by atoms with van der Waals surface area (Å²) in [5.41, 5.74) is 3.17. The van der Waals surface area contributed by atoms with Crippen molar-refractivity contribution in [2.24, 2.45) is 0 Å². The fourth-order valence-electron chi connectivity index (χ4n) is 4.97. The molecule has 14 heteroatoms. The molecule has 5 aromatic rings. The topological polar surface area (TPSA) is 135 Å². The van der Waals surface area contributed by atoms with E-state index in [4.69, 9.17) is 28.3 Å². The Labute approximate surface area is 235 Å². The Bertz CT molecular complexity index is 1840. The van der Waals surface area contributed by atoms with E-state index in [0.717, 1.165) is 10.6 Å². The van der Waals surface area contributed by atoms with Crippen molar-refractivity contribution in [1.29, 1.82) is 0 Å². The molecule has 3 aromatic heterocycles. The number of halogens is 3. The fraction of sp³-hybridized carbons (Fsp3) is 0.154. The molecule has 0 saturated carbocycles. The predicted molar refractivity (Wildman–Crippen MR) is 146 cm³/mol. The van der Waals surface area contributed by atoms with E-state index in [9.17, 15) is 14.0 Å². The molecule has 202 valence electrons. The van der Waals surface area contributed by atoms with E-state index in [2.05, 4.69) is 25.5 Å². The van der Waals surface area contributed by atoms with Gasteiger partial charge in [-0.15, -0.1) is 5.10 Å². The molecule has 1 unspecified atom stereocenters. The molecule has 1 amide bonds. The van der Waals surface area contributed by atoms with Crippen LogP contribution in [0.1, 0.15) is 24.0 Å². The predicted octanol–water partition coefficient (Wildman–Crippen LogP) is 4.98. The minimum atomic E-state index is -1.29. The molecule has 1 atom stereocenters. The molecule has 11 nitrogen and oxygen atoms in total. The number of aryl methyl sites for hydroxylation is 1. The number of benzene rings is 2. The maximum Gasteiger partial charge on any atom is 0.411 e. The lowest BCUT2D eigenvalue weighted by molar-refractivity contribution is 0.203. The average molecular weight is 581 g/mol. The third-order valence-electron chi connectivity index (χ3n) is 6.86. The van der Waals surface area contributed by atoms with E-state index in [1.165, 1.54) is 42.3 Å². The van der Waals surface area contributed by atoms with Crippen molar-refractivity contribution in [3.63, 3.8) is 0 Å². The van der Waals surface area contributed by atoms with E-state index >= 15 is 0 Å². The van der Waals surface area contributed by atoms with Gasteiger partial charge in [-0.1, -0.05) is 29.3 Å². The van der Waals surface area contributed by atoms with Crippen molar-refractivity contribution in [2.75, 3.05) is 11.9 Å². The number of nitrogens with one attached hydrogen (secondary N) is 1. The molecule has 0 aliphatic carbocycles. The minimum Gasteiger partial charge on any atom is -0.465 e. The van der Waals surface area contributed by atoms with Crippen molar-refractivity contribution >= 4 is 35.0 Å². The zero-order chi connectivity index (χ0) is 28.1. The van der Waals surface area contributed by atoms with Crippen LogP contribution in [-0.2, 0) is 6.42 Å². The summed E-state index contributed by atoms with van der Waals surface area (Å²) in [5.74, 6) is -0.280. The van der Waals surface area contributed by atoms with Gasteiger partial charge >= 0.3 is 6.09 Å². The van der Waals surface area contributed by atoms with E-state index in [0.29, 0.717) is 51.8 Å². The van der Waals surface area contributed by atoms with Crippen LogP contribution in [0, 0.1) is 5.82 Å². The van der Waals surface area contributed by atoms with Crippen LogP contribution in [0.25, 0.3) is 28.1 Å². The first-order valence-electron chi connectivity index (χ1n) is 12.0. The lowest BCUT2D eigenvalue weighted by atomic mass is 10.0. The number of anilines is 1. The first-order valence-corrected chi connectivity index (χ1v) is 12.8. The maximum atomic E-state index is 14.7. The van der Waals surface area contributed by atoms with Crippen LogP contribution >= 0.6 is 23.2 Å². The third-order valence-corrected chi connectivity index (χ3v) is 7.37. The third kappa shape index (κ3) is 4.40. The number of pyridine rings is 1. The Morgan fingerprint density at radius 1 is 1.15 bits per heavy atom. The number of carbonyl (C=O) groups is 1. The number of H-pyrrole nitrogens is 1. The normalized spacial score (nSPS) is 14.3. The summed E-state index contributed by atoms with van der Waals surface area (Å²) in [5, 5.41) is 21.2. The van der Waals surface area contributed by atoms with Crippen molar-refractivity contribution in [3.05, 3.63) is 92.7 Å². The second kappa shape index (κ2) is 9.88. The van der Waals surface area contributed by atoms with E-state index in [-0.39, 0.29) is 16.4 Å². The van der Waals surface area contributed by atoms with Crippen molar-refractivity contribution in [2.45, 2.75) is 18.9 Å². The molecule has 2 N–H and O–H groups in total. The molecule has 2 aromatic carbocycles. The van der Waals surface area contributed by atoms with Crippen LogP contribution in [0.4, 0.5) is 14.9 Å². The molecular weight excluding hydrogens is 562 g/mol. The van der Waals surface area contributed by atoms with E-state index < -0.39 is 18.0 Å². The summed E-state index contributed by atoms with van der Waals surface area (Å²) < 4.78 is 17.9. The SMILES string of the molecule is CN(C(=O)O)c1ccc(-c2nc(C3CCc4cc(-c5cc(Cl)ccc5-n5cnnn5)cc(=O)n43)[nH]c2Cl)cc1F. The summed E-state index contributed by atoms with van der Waals surface area (Å²) in [4.78, 5) is 33.1. The highest BCUT2D eigenvalue weighted by Crippen LogP contribution is 2.36. The highest BCUT2D eigenvalue weighted by molar-refractivity contribution is 6.32. The van der Waals surface area contributed by atoms with E-state index in [1.54, 1.807) is 22.8 Å². The van der Waals surface area contributed by atoms with Gasteiger partial charge in [-0.25, -0.2) is 14.2 Å². The summed E-state index contributed by atoms with van der Waals surface area (Å²) in [6.45, 7) is 0. The second-order valence-electron chi connectivity index (χ2n) is 9.21. The van der Waals surface area contributed by atoms with Crippen LogP contribution < -0.4 is 10.5 Å². The smallest absolute Gasteiger partial charge is 0.411 e. The molecule has 1 aliphatic heterocycles. The molecule has 1 aliphatic rings. The molecule has 0 spiro atoms. The molecule has 40 heavy (non-hydrogen) atoms. The van der Waals surface area contributed by atoms with Gasteiger partial charge < -0.3 is 14.7 Å². The largest absolute Gasteiger partial charge is 0.465 e. The first-order chi connectivity index (χ1) is 19.2. The molecule has 0 bridgehead atoms. The number of hydrogen-bond donors (Lipinski definition) is 2. The van der Waals surface area contributed by atoms with Crippen LogP contribution in [0.3, 0.4) is 0 Å². The second-order valence-corrected chi connectivity index (χ2v) is 10.0. The van der Waals surface area contributed by atoms with Gasteiger partial charge in [-0.2, -0.15) is 4.68 Å². The number of fused-ring (bicyclic) bond motifs is 1. The molecular formula is C26H19Cl2FN8O3. The first kappa shape index (κ1) is 25.7. The number of imidazole rings is 1. The molecule has 6 rings (SSSR count). The Kier molecular flexibility index (Phi) is 6.35. The van der Waals surface area contributed by atoms with Crippen LogP contribution in [-0.4, -0.2) is 53.0 Å². The number of tetrazole rings is 1. The Morgan fingerprint density at radius 2 is 1.98 bits per heavy atom. The minimum absolute atomic E-state index is 0.0989. The number of aromatic amines is 1. The van der Waals surface area contributed by atoms with Gasteiger partial charge in [0.15, 0.2) is 0 Å². The number of carboxylic acid groups (broad SMARTS) is 1. The van der Waals surface area contributed by atoms with Gasteiger partial charge in [0.25, 0.3) is 5.56 Å². The zero-order valence-electron chi connectivity index (χ0n) is 20.7. The zero-order valence-corrected chi connectivity index (χ0v) is 22.2. The average Bonchev–Trinajstić information content (AvgIpc) is 3.68. The van der Waals surface area contributed by atoms with Crippen molar-refractivity contribution < 1.29 is 14.3 Å².